The Kier molecular flexibility index (Phi) is 1.66. The Morgan fingerprint density at radius 1 is 1.00 bits per heavy atom. The molecule has 0 saturated carbocycles. The highest BCUT2D eigenvalue weighted by Gasteiger charge is 2.26. The second-order valence-electron chi connectivity index (χ2n) is 3.89. The SMILES string of the molecule is Cc1cc2c3c(cccc3c1)C(=O)OC2=O. The molecule has 16 heavy (non-hydrogen) atoms. The summed E-state index contributed by atoms with van der Waals surface area (Å²) >= 11 is 0. The molecule has 0 unspecified atom stereocenters. The van der Waals surface area contributed by atoms with Crippen molar-refractivity contribution in [2.24, 2.45) is 0 Å². The fourth-order valence-corrected chi connectivity index (χ4v) is 2.10. The van der Waals surface area contributed by atoms with Gasteiger partial charge in [0.05, 0.1) is 11.1 Å². The summed E-state index contributed by atoms with van der Waals surface area (Å²) in [5.41, 5.74) is 1.92. The third kappa shape index (κ3) is 1.08. The first-order valence-corrected chi connectivity index (χ1v) is 4.97. The quantitative estimate of drug-likeness (QED) is 0.497. The highest BCUT2D eigenvalue weighted by Crippen LogP contribution is 2.29. The van der Waals surface area contributed by atoms with Crippen LogP contribution in [0.1, 0.15) is 26.3 Å². The van der Waals surface area contributed by atoms with E-state index >= 15 is 0 Å². The van der Waals surface area contributed by atoms with Crippen molar-refractivity contribution < 1.29 is 14.3 Å². The van der Waals surface area contributed by atoms with Crippen molar-refractivity contribution in [1.82, 2.24) is 0 Å². The minimum absolute atomic E-state index is 0.465. The number of rotatable bonds is 0. The Labute approximate surface area is 91.6 Å². The summed E-state index contributed by atoms with van der Waals surface area (Å²) in [4.78, 5) is 23.1. The zero-order chi connectivity index (χ0) is 11.3. The van der Waals surface area contributed by atoms with Gasteiger partial charge < -0.3 is 4.74 Å². The molecule has 3 heteroatoms. The Hall–Kier alpha value is -2.16. The molecule has 1 aliphatic rings. The number of carbonyl (C=O) groups is 2. The van der Waals surface area contributed by atoms with Crippen LogP contribution in [0, 0.1) is 6.92 Å². The van der Waals surface area contributed by atoms with Crippen LogP contribution in [0.15, 0.2) is 30.3 Å². The van der Waals surface area contributed by atoms with Crippen LogP contribution >= 0.6 is 0 Å². The first kappa shape index (κ1) is 9.09. The lowest BCUT2D eigenvalue weighted by atomic mass is 9.95. The fraction of sp³-hybridized carbons (Fsp3) is 0.0769. The van der Waals surface area contributed by atoms with Gasteiger partial charge in [0.2, 0.25) is 0 Å². The molecule has 0 aromatic heterocycles. The molecule has 0 spiro atoms. The first-order chi connectivity index (χ1) is 7.66. The van der Waals surface area contributed by atoms with E-state index in [1.165, 1.54) is 0 Å². The van der Waals surface area contributed by atoms with Crippen molar-refractivity contribution >= 4 is 22.7 Å². The van der Waals surface area contributed by atoms with Crippen LogP contribution in [-0.2, 0) is 4.74 Å². The topological polar surface area (TPSA) is 43.4 Å². The van der Waals surface area contributed by atoms with Gasteiger partial charge in [0.1, 0.15) is 0 Å². The molecule has 0 bridgehead atoms. The lowest BCUT2D eigenvalue weighted by Crippen LogP contribution is -2.19. The van der Waals surface area contributed by atoms with Crippen molar-refractivity contribution in [3.05, 3.63) is 47.0 Å². The van der Waals surface area contributed by atoms with Crippen LogP contribution in [0.4, 0.5) is 0 Å². The number of benzene rings is 2. The van der Waals surface area contributed by atoms with E-state index in [4.69, 9.17) is 0 Å². The van der Waals surface area contributed by atoms with Gasteiger partial charge in [-0.3, -0.25) is 0 Å². The smallest absolute Gasteiger partial charge is 0.346 e. The van der Waals surface area contributed by atoms with Crippen molar-refractivity contribution in [2.75, 3.05) is 0 Å². The van der Waals surface area contributed by atoms with Crippen LogP contribution in [0.5, 0.6) is 0 Å². The summed E-state index contributed by atoms with van der Waals surface area (Å²) < 4.78 is 4.68. The highest BCUT2D eigenvalue weighted by atomic mass is 16.6. The van der Waals surface area contributed by atoms with Crippen LogP contribution in [0.25, 0.3) is 10.8 Å². The summed E-state index contributed by atoms with van der Waals surface area (Å²) in [7, 11) is 0. The van der Waals surface area contributed by atoms with E-state index in [0.29, 0.717) is 16.5 Å². The van der Waals surface area contributed by atoms with Crippen LogP contribution < -0.4 is 0 Å². The Bertz CT molecular complexity index is 641. The summed E-state index contributed by atoms with van der Waals surface area (Å²) in [5.74, 6) is -1.12. The van der Waals surface area contributed by atoms with Gasteiger partial charge in [0.15, 0.2) is 0 Å². The Morgan fingerprint density at radius 3 is 2.56 bits per heavy atom. The molecule has 2 aromatic rings. The molecule has 2 aromatic carbocycles. The third-order valence-corrected chi connectivity index (χ3v) is 2.75. The largest absolute Gasteiger partial charge is 0.386 e. The maximum atomic E-state index is 11.6. The molecule has 0 N–H and O–H groups in total. The van der Waals surface area contributed by atoms with Crippen molar-refractivity contribution in [3.63, 3.8) is 0 Å². The zero-order valence-electron chi connectivity index (χ0n) is 8.61. The van der Waals surface area contributed by atoms with Gasteiger partial charge in [-0.2, -0.15) is 0 Å². The second kappa shape index (κ2) is 2.92. The number of hydrogen-bond acceptors (Lipinski definition) is 3. The van der Waals surface area contributed by atoms with E-state index in [-0.39, 0.29) is 0 Å². The third-order valence-electron chi connectivity index (χ3n) is 2.75. The fourth-order valence-electron chi connectivity index (χ4n) is 2.10. The van der Waals surface area contributed by atoms with Gasteiger partial charge in [-0.05, 0) is 30.0 Å². The average molecular weight is 212 g/mol. The molecule has 78 valence electrons. The van der Waals surface area contributed by atoms with Crippen molar-refractivity contribution in [1.29, 1.82) is 0 Å². The number of ether oxygens (including phenoxy) is 1. The van der Waals surface area contributed by atoms with Crippen LogP contribution in [-0.4, -0.2) is 11.9 Å². The minimum atomic E-state index is -0.563. The highest BCUT2D eigenvalue weighted by molar-refractivity contribution is 6.20. The maximum absolute atomic E-state index is 11.6. The standard InChI is InChI=1S/C13H8O3/c1-7-5-8-3-2-4-9-11(8)10(6-7)13(15)16-12(9)14/h2-6H,1H3. The predicted octanol–water partition coefficient (Wildman–Crippen LogP) is 2.46. The molecule has 3 rings (SSSR count). The van der Waals surface area contributed by atoms with Gasteiger partial charge in [-0.25, -0.2) is 9.59 Å². The molecule has 1 aliphatic heterocycles. The zero-order valence-corrected chi connectivity index (χ0v) is 8.61. The van der Waals surface area contributed by atoms with E-state index in [2.05, 4.69) is 4.74 Å². The van der Waals surface area contributed by atoms with Crippen LogP contribution in [0.3, 0.4) is 0 Å². The molecule has 0 atom stereocenters. The van der Waals surface area contributed by atoms with Gasteiger partial charge in [0, 0.05) is 5.39 Å². The second-order valence-corrected chi connectivity index (χ2v) is 3.89. The van der Waals surface area contributed by atoms with Gasteiger partial charge in [-0.1, -0.05) is 18.2 Å². The summed E-state index contributed by atoms with van der Waals surface area (Å²) in [6, 6.07) is 9.06. The number of esters is 2. The van der Waals surface area contributed by atoms with Gasteiger partial charge in [0.25, 0.3) is 0 Å². The molecule has 0 fully saturated rings. The molecular formula is C13H8O3. The van der Waals surface area contributed by atoms with E-state index in [9.17, 15) is 9.59 Å². The van der Waals surface area contributed by atoms with Gasteiger partial charge >= 0.3 is 11.9 Å². The lowest BCUT2D eigenvalue weighted by Gasteiger charge is -2.15. The molecule has 0 radical (unpaired) electrons. The maximum Gasteiger partial charge on any atom is 0.346 e. The Balaban J connectivity index is 2.55. The predicted molar refractivity (Wildman–Crippen MR) is 58.4 cm³/mol. The van der Waals surface area contributed by atoms with E-state index in [1.807, 2.05) is 19.1 Å². The normalized spacial score (nSPS) is 14.1. The molecule has 0 aliphatic carbocycles. The summed E-state index contributed by atoms with van der Waals surface area (Å²) in [6.45, 7) is 1.91. The summed E-state index contributed by atoms with van der Waals surface area (Å²) in [5, 5.41) is 1.60. The van der Waals surface area contributed by atoms with E-state index < -0.39 is 11.9 Å². The average Bonchev–Trinajstić information content (AvgIpc) is 2.25. The first-order valence-electron chi connectivity index (χ1n) is 4.97. The number of cyclic esters (lactones) is 2. The minimum Gasteiger partial charge on any atom is -0.386 e. The number of carbonyl (C=O) groups excluding carboxylic acids is 2. The van der Waals surface area contributed by atoms with Crippen molar-refractivity contribution in [2.45, 2.75) is 6.92 Å². The molecular weight excluding hydrogens is 204 g/mol. The molecule has 3 nitrogen and oxygen atoms in total. The summed E-state index contributed by atoms with van der Waals surface area (Å²) in [6.07, 6.45) is 0. The molecule has 0 saturated heterocycles. The monoisotopic (exact) mass is 212 g/mol. The Morgan fingerprint density at radius 2 is 1.75 bits per heavy atom. The molecule has 1 heterocycles. The number of hydrogen-bond donors (Lipinski definition) is 0. The van der Waals surface area contributed by atoms with E-state index in [0.717, 1.165) is 10.9 Å². The van der Waals surface area contributed by atoms with Crippen molar-refractivity contribution in [3.8, 4) is 0 Å². The van der Waals surface area contributed by atoms with Gasteiger partial charge in [-0.15, -0.1) is 0 Å². The van der Waals surface area contributed by atoms with Crippen LogP contribution in [0.2, 0.25) is 0 Å². The number of aryl methyl sites for hydroxylation is 1. The van der Waals surface area contributed by atoms with E-state index in [1.54, 1.807) is 18.2 Å². The molecule has 0 amide bonds. The lowest BCUT2D eigenvalue weighted by molar-refractivity contribution is 0.0391.